The van der Waals surface area contributed by atoms with E-state index in [0.29, 0.717) is 16.3 Å². The Morgan fingerprint density at radius 2 is 1.53 bits per heavy atom. The zero-order valence-corrected chi connectivity index (χ0v) is 8.94. The first-order valence-corrected chi connectivity index (χ1v) is 5.06. The minimum absolute atomic E-state index is 0.271. The van der Waals surface area contributed by atoms with Gasteiger partial charge in [-0.25, -0.2) is 4.39 Å². The maximum Gasteiger partial charge on any atom is 0.249 e. The van der Waals surface area contributed by atoms with Crippen LogP contribution in [0.25, 0.3) is 10.8 Å². The highest BCUT2D eigenvalue weighted by atomic mass is 19.1. The lowest BCUT2D eigenvalue weighted by Gasteiger charge is -2.07. The molecular weight excluding hydrogens is 221 g/mol. The second kappa shape index (κ2) is 4.33. The largest absolute Gasteiger partial charge is 0.366 e. The van der Waals surface area contributed by atoms with Crippen molar-refractivity contribution in [3.05, 3.63) is 47.5 Å². The number of ketones is 1. The van der Waals surface area contributed by atoms with E-state index in [-0.39, 0.29) is 5.56 Å². The van der Waals surface area contributed by atoms with Crippen molar-refractivity contribution < 1.29 is 14.0 Å². The van der Waals surface area contributed by atoms with Gasteiger partial charge in [0.25, 0.3) is 0 Å². The van der Waals surface area contributed by atoms with E-state index in [4.69, 9.17) is 5.73 Å². The van der Waals surface area contributed by atoms with Gasteiger partial charge < -0.3 is 5.73 Å². The quantitative estimate of drug-likeness (QED) is 0.822. The summed E-state index contributed by atoms with van der Waals surface area (Å²) in [5.41, 5.74) is 5.84. The maximum absolute atomic E-state index is 12.4. The summed E-state index contributed by atoms with van der Waals surface area (Å²) in [5.74, 6) is -1.17. The molecule has 0 radical (unpaired) electrons. The summed E-state index contributed by atoms with van der Waals surface area (Å²) in [6, 6.07) is 9.70. The number of primary amides is 1. The van der Waals surface area contributed by atoms with Gasteiger partial charge in [-0.3, -0.25) is 9.59 Å². The number of hydrogen-bond acceptors (Lipinski definition) is 2. The molecule has 1 amide bonds. The second-order valence-corrected chi connectivity index (χ2v) is 3.63. The molecule has 0 heterocycles. The fraction of sp³-hybridized carbons (Fsp3) is 0.0769. The summed E-state index contributed by atoms with van der Waals surface area (Å²) in [4.78, 5) is 22.6. The molecule has 0 aromatic heterocycles. The van der Waals surface area contributed by atoms with E-state index in [1.165, 1.54) is 12.1 Å². The molecule has 0 aliphatic carbocycles. The maximum atomic E-state index is 12.4. The third-order valence-electron chi connectivity index (χ3n) is 2.61. The number of nitrogens with two attached hydrogens (primary N) is 1. The first-order valence-electron chi connectivity index (χ1n) is 5.06. The van der Waals surface area contributed by atoms with Crippen molar-refractivity contribution in [3.8, 4) is 0 Å². The number of fused-ring (bicyclic) bond motifs is 1. The van der Waals surface area contributed by atoms with Crippen LogP contribution in [-0.2, 0) is 0 Å². The van der Waals surface area contributed by atoms with Crippen molar-refractivity contribution in [3.63, 3.8) is 0 Å². The molecular formula is C13H10FNO2. The molecule has 3 nitrogen and oxygen atoms in total. The van der Waals surface area contributed by atoms with Crippen molar-refractivity contribution in [2.75, 3.05) is 6.67 Å². The lowest BCUT2D eigenvalue weighted by Crippen LogP contribution is -2.12. The van der Waals surface area contributed by atoms with Gasteiger partial charge in [-0.1, -0.05) is 24.3 Å². The van der Waals surface area contributed by atoms with Crippen molar-refractivity contribution in [1.82, 2.24) is 0 Å². The predicted octanol–water partition coefficient (Wildman–Crippen LogP) is 2.09. The minimum atomic E-state index is -1.06. The number of amides is 1. The van der Waals surface area contributed by atoms with Crippen LogP contribution >= 0.6 is 0 Å². The van der Waals surface area contributed by atoms with E-state index in [2.05, 4.69) is 0 Å². The van der Waals surface area contributed by atoms with Crippen molar-refractivity contribution in [2.45, 2.75) is 0 Å². The van der Waals surface area contributed by atoms with Gasteiger partial charge in [0.2, 0.25) is 5.91 Å². The van der Waals surface area contributed by atoms with Crippen LogP contribution in [0.3, 0.4) is 0 Å². The van der Waals surface area contributed by atoms with Gasteiger partial charge in [0.05, 0.1) is 0 Å². The third-order valence-corrected chi connectivity index (χ3v) is 2.61. The molecule has 2 aromatic carbocycles. The normalized spacial score (nSPS) is 10.4. The fourth-order valence-corrected chi connectivity index (χ4v) is 1.83. The van der Waals surface area contributed by atoms with Crippen LogP contribution in [-0.4, -0.2) is 18.4 Å². The van der Waals surface area contributed by atoms with Gasteiger partial charge in [-0.2, -0.15) is 0 Å². The van der Waals surface area contributed by atoms with Gasteiger partial charge in [0.15, 0.2) is 12.5 Å². The fourth-order valence-electron chi connectivity index (χ4n) is 1.83. The van der Waals surface area contributed by atoms with Crippen LogP contribution in [0.15, 0.2) is 36.4 Å². The predicted molar refractivity (Wildman–Crippen MR) is 62.8 cm³/mol. The molecule has 0 atom stereocenters. The van der Waals surface area contributed by atoms with Crippen LogP contribution in [0.2, 0.25) is 0 Å². The number of hydrogen-bond donors (Lipinski definition) is 1. The molecule has 0 aliphatic rings. The minimum Gasteiger partial charge on any atom is -0.366 e. The summed E-state index contributed by atoms with van der Waals surface area (Å²) in [5, 5.41) is 1.12. The van der Waals surface area contributed by atoms with E-state index in [1.807, 2.05) is 0 Å². The third kappa shape index (κ3) is 1.89. The highest BCUT2D eigenvalue weighted by molar-refractivity contribution is 6.14. The number of Topliss-reactive ketones (excluding diaryl/α,β-unsaturated/α-hetero) is 1. The van der Waals surface area contributed by atoms with E-state index >= 15 is 0 Å². The van der Waals surface area contributed by atoms with E-state index in [0.717, 1.165) is 0 Å². The van der Waals surface area contributed by atoms with Crippen LogP contribution in [0.4, 0.5) is 4.39 Å². The summed E-state index contributed by atoms with van der Waals surface area (Å²) in [6.07, 6.45) is 0. The Balaban J connectivity index is 2.79. The average molecular weight is 231 g/mol. The number of halogens is 1. The molecule has 86 valence electrons. The number of carbonyl (C=O) groups is 2. The molecule has 17 heavy (non-hydrogen) atoms. The number of alkyl halides is 1. The average Bonchev–Trinajstić information content (AvgIpc) is 2.36. The second-order valence-electron chi connectivity index (χ2n) is 3.63. The summed E-state index contributed by atoms with van der Waals surface area (Å²) < 4.78 is 12.4. The monoisotopic (exact) mass is 231 g/mol. The molecule has 0 spiro atoms. The molecule has 0 unspecified atom stereocenters. The smallest absolute Gasteiger partial charge is 0.249 e. The highest BCUT2D eigenvalue weighted by Crippen LogP contribution is 2.23. The topological polar surface area (TPSA) is 60.2 Å². The Hall–Kier alpha value is -2.23. The highest BCUT2D eigenvalue weighted by Gasteiger charge is 2.13. The Morgan fingerprint density at radius 3 is 2.06 bits per heavy atom. The Bertz CT molecular complexity index is 607. The number of benzene rings is 2. The van der Waals surface area contributed by atoms with E-state index in [9.17, 15) is 14.0 Å². The summed E-state index contributed by atoms with van der Waals surface area (Å²) in [6.45, 7) is -1.06. The van der Waals surface area contributed by atoms with Crippen molar-refractivity contribution in [1.29, 1.82) is 0 Å². The number of carbonyl (C=O) groups excluding carboxylic acids is 2. The SMILES string of the molecule is NC(=O)c1ccc(C(=O)CF)c2ccccc12. The Kier molecular flexibility index (Phi) is 2.87. The van der Waals surface area contributed by atoms with Crippen LogP contribution in [0, 0.1) is 0 Å². The zero-order chi connectivity index (χ0) is 12.4. The lowest BCUT2D eigenvalue weighted by atomic mass is 9.97. The Labute approximate surface area is 97.0 Å². The molecule has 4 heteroatoms. The van der Waals surface area contributed by atoms with Crippen LogP contribution in [0.1, 0.15) is 20.7 Å². The van der Waals surface area contributed by atoms with Crippen LogP contribution < -0.4 is 5.73 Å². The standard InChI is InChI=1S/C13H10FNO2/c14-7-12(16)10-5-6-11(13(15)17)9-4-2-1-3-8(9)10/h1-6H,7H2,(H2,15,17). The van der Waals surface area contributed by atoms with Gasteiger partial charge in [-0.15, -0.1) is 0 Å². The molecule has 0 aliphatic heterocycles. The summed E-state index contributed by atoms with van der Waals surface area (Å²) >= 11 is 0. The van der Waals surface area contributed by atoms with Gasteiger partial charge in [0.1, 0.15) is 0 Å². The molecule has 2 aromatic rings. The molecule has 0 saturated heterocycles. The first kappa shape index (κ1) is 11.3. The zero-order valence-electron chi connectivity index (χ0n) is 8.94. The van der Waals surface area contributed by atoms with Gasteiger partial charge in [-0.05, 0) is 22.9 Å². The molecule has 2 rings (SSSR count). The molecule has 0 fully saturated rings. The van der Waals surface area contributed by atoms with Crippen molar-refractivity contribution in [2.24, 2.45) is 5.73 Å². The van der Waals surface area contributed by atoms with E-state index < -0.39 is 18.4 Å². The van der Waals surface area contributed by atoms with E-state index in [1.54, 1.807) is 24.3 Å². The lowest BCUT2D eigenvalue weighted by molar-refractivity contribution is 0.0958. The van der Waals surface area contributed by atoms with Gasteiger partial charge >= 0.3 is 0 Å². The molecule has 0 bridgehead atoms. The number of rotatable bonds is 3. The Morgan fingerprint density at radius 1 is 1.00 bits per heavy atom. The van der Waals surface area contributed by atoms with Crippen molar-refractivity contribution >= 4 is 22.5 Å². The first-order chi connectivity index (χ1) is 8.15. The summed E-state index contributed by atoms with van der Waals surface area (Å²) in [7, 11) is 0. The molecule has 2 N–H and O–H groups in total. The van der Waals surface area contributed by atoms with Crippen LogP contribution in [0.5, 0.6) is 0 Å². The molecule has 0 saturated carbocycles. The van der Waals surface area contributed by atoms with Gasteiger partial charge in [0, 0.05) is 11.1 Å².